The van der Waals surface area contributed by atoms with E-state index in [0.29, 0.717) is 13.0 Å². The van der Waals surface area contributed by atoms with Crippen molar-refractivity contribution in [1.29, 1.82) is 0 Å². The maximum Gasteiger partial charge on any atom is 0.324 e. The number of hydrogen-bond donors (Lipinski definition) is 2. The van der Waals surface area contributed by atoms with Gasteiger partial charge < -0.3 is 15.2 Å². The monoisotopic (exact) mass is 281 g/mol. The third-order valence-corrected chi connectivity index (χ3v) is 4.83. The molecular weight excluding hydrogens is 262 g/mol. The van der Waals surface area contributed by atoms with Crippen molar-refractivity contribution in [3.8, 4) is 0 Å². The van der Waals surface area contributed by atoms with E-state index in [1.807, 2.05) is 0 Å². The normalized spacial score (nSPS) is 12.2. The molecule has 7 nitrogen and oxygen atoms in total. The Hall–Kier alpha value is -1.15. The second-order valence-electron chi connectivity index (χ2n) is 4.27. The molecule has 0 aromatic heterocycles. The van der Waals surface area contributed by atoms with E-state index in [-0.39, 0.29) is 6.54 Å². The molecule has 0 aliphatic rings. The fourth-order valence-electron chi connectivity index (χ4n) is 0.981. The Kier molecular flexibility index (Phi) is 6.27. The van der Waals surface area contributed by atoms with E-state index in [1.54, 1.807) is 0 Å². The van der Waals surface area contributed by atoms with Gasteiger partial charge in [0.15, 0.2) is 14.6 Å². The molecule has 0 rings (SSSR count). The summed E-state index contributed by atoms with van der Waals surface area (Å²) in [6.45, 7) is 2.86. The van der Waals surface area contributed by atoms with Crippen molar-refractivity contribution in [3.05, 3.63) is 0 Å². The fourth-order valence-corrected chi connectivity index (χ4v) is 2.06. The van der Waals surface area contributed by atoms with E-state index in [4.69, 9.17) is 9.84 Å². The van der Waals surface area contributed by atoms with E-state index in [1.165, 1.54) is 7.11 Å². The van der Waals surface area contributed by atoms with Gasteiger partial charge in [0.1, 0.15) is 5.75 Å². The Labute approximate surface area is 106 Å². The molecule has 2 N–H and O–H groups in total. The van der Waals surface area contributed by atoms with Crippen LogP contribution in [0.4, 0.5) is 0 Å². The van der Waals surface area contributed by atoms with Crippen molar-refractivity contribution in [1.82, 2.24) is 5.32 Å². The second-order valence-corrected chi connectivity index (χ2v) is 6.81. The Bertz CT molecular complexity index is 401. The van der Waals surface area contributed by atoms with Gasteiger partial charge in [-0.05, 0) is 20.3 Å². The Balaban J connectivity index is 4.42. The van der Waals surface area contributed by atoms with Crippen LogP contribution < -0.4 is 5.32 Å². The summed E-state index contributed by atoms with van der Waals surface area (Å²) in [5.74, 6) is -3.02. The predicted octanol–water partition coefficient (Wildman–Crippen LogP) is -0.583. The summed E-state index contributed by atoms with van der Waals surface area (Å²) in [7, 11) is -2.53. The molecule has 0 aliphatic heterocycles. The number of ether oxygens (including phenoxy) is 1. The SMILES string of the molecule is COCCCNC(=O)CS(=O)(=O)C(C)(C)C(=O)O. The summed E-state index contributed by atoms with van der Waals surface area (Å²) < 4.78 is 26.2. The molecule has 0 atom stereocenters. The topological polar surface area (TPSA) is 110 Å². The van der Waals surface area contributed by atoms with Crippen molar-refractivity contribution >= 4 is 21.7 Å². The van der Waals surface area contributed by atoms with E-state index in [9.17, 15) is 18.0 Å². The maximum absolute atomic E-state index is 11.7. The molecule has 106 valence electrons. The first kappa shape index (κ1) is 16.9. The van der Waals surface area contributed by atoms with Crippen molar-refractivity contribution in [2.75, 3.05) is 26.0 Å². The van der Waals surface area contributed by atoms with Crippen LogP contribution >= 0.6 is 0 Å². The zero-order valence-electron chi connectivity index (χ0n) is 10.7. The number of amides is 1. The van der Waals surface area contributed by atoms with Crippen LogP contribution in [0.1, 0.15) is 20.3 Å². The Morgan fingerprint density at radius 1 is 1.33 bits per heavy atom. The van der Waals surface area contributed by atoms with Crippen molar-refractivity contribution in [3.63, 3.8) is 0 Å². The molecule has 0 aromatic carbocycles. The number of hydrogen-bond acceptors (Lipinski definition) is 5. The predicted molar refractivity (Wildman–Crippen MR) is 65.0 cm³/mol. The van der Waals surface area contributed by atoms with E-state index in [0.717, 1.165) is 13.8 Å². The highest BCUT2D eigenvalue weighted by Gasteiger charge is 2.42. The van der Waals surface area contributed by atoms with Crippen LogP contribution in [0.3, 0.4) is 0 Å². The average molecular weight is 281 g/mol. The summed E-state index contributed by atoms with van der Waals surface area (Å²) in [4.78, 5) is 22.2. The molecule has 0 radical (unpaired) electrons. The van der Waals surface area contributed by atoms with E-state index < -0.39 is 32.2 Å². The van der Waals surface area contributed by atoms with Gasteiger partial charge in [0.2, 0.25) is 5.91 Å². The van der Waals surface area contributed by atoms with Crippen LogP contribution in [0.2, 0.25) is 0 Å². The molecule has 0 heterocycles. The van der Waals surface area contributed by atoms with Crippen LogP contribution in [0.5, 0.6) is 0 Å². The molecule has 8 heteroatoms. The lowest BCUT2D eigenvalue weighted by Gasteiger charge is -2.19. The van der Waals surface area contributed by atoms with Crippen LogP contribution in [-0.4, -0.2) is 56.2 Å². The third-order valence-electron chi connectivity index (χ3n) is 2.46. The Morgan fingerprint density at radius 3 is 2.33 bits per heavy atom. The van der Waals surface area contributed by atoms with Crippen LogP contribution in [0, 0.1) is 0 Å². The third kappa shape index (κ3) is 4.61. The Morgan fingerprint density at radius 2 is 1.89 bits per heavy atom. The maximum atomic E-state index is 11.7. The lowest BCUT2D eigenvalue weighted by molar-refractivity contribution is -0.139. The van der Waals surface area contributed by atoms with Crippen molar-refractivity contribution < 1.29 is 27.9 Å². The van der Waals surface area contributed by atoms with Gasteiger partial charge in [-0.3, -0.25) is 9.59 Å². The average Bonchev–Trinajstić information content (AvgIpc) is 2.23. The molecule has 0 aromatic rings. The summed E-state index contributed by atoms with van der Waals surface area (Å²) in [6, 6.07) is 0. The zero-order chi connectivity index (χ0) is 14.4. The van der Waals surface area contributed by atoms with Gasteiger partial charge in [0, 0.05) is 20.3 Å². The summed E-state index contributed by atoms with van der Waals surface area (Å²) in [5, 5.41) is 11.2. The standard InChI is InChI=1S/C10H19NO6S/c1-10(2,9(13)14)18(15,16)7-8(12)11-5-4-6-17-3/h4-7H2,1-3H3,(H,11,12)(H,13,14). The lowest BCUT2D eigenvalue weighted by Crippen LogP contribution is -2.45. The summed E-state index contributed by atoms with van der Waals surface area (Å²) in [6.07, 6.45) is 0.560. The molecule has 1 amide bonds. The van der Waals surface area contributed by atoms with Gasteiger partial charge in [-0.2, -0.15) is 0 Å². The smallest absolute Gasteiger partial charge is 0.324 e. The fraction of sp³-hybridized carbons (Fsp3) is 0.800. The van der Waals surface area contributed by atoms with E-state index in [2.05, 4.69) is 5.32 Å². The molecular formula is C10H19NO6S. The number of aliphatic carboxylic acids is 1. The van der Waals surface area contributed by atoms with Crippen LogP contribution in [0.25, 0.3) is 0 Å². The largest absolute Gasteiger partial charge is 0.480 e. The van der Waals surface area contributed by atoms with Gasteiger partial charge in [0.25, 0.3) is 0 Å². The summed E-state index contributed by atoms with van der Waals surface area (Å²) >= 11 is 0. The number of carboxylic acid groups (broad SMARTS) is 1. The molecule has 0 fully saturated rings. The van der Waals surface area contributed by atoms with Gasteiger partial charge in [-0.1, -0.05) is 0 Å². The molecule has 0 saturated heterocycles. The van der Waals surface area contributed by atoms with Gasteiger partial charge in [-0.15, -0.1) is 0 Å². The highest BCUT2D eigenvalue weighted by atomic mass is 32.2. The quantitative estimate of drug-likeness (QED) is 0.576. The lowest BCUT2D eigenvalue weighted by atomic mass is 10.2. The highest BCUT2D eigenvalue weighted by Crippen LogP contribution is 2.17. The molecule has 0 saturated carbocycles. The first-order valence-electron chi connectivity index (χ1n) is 5.36. The van der Waals surface area contributed by atoms with Gasteiger partial charge in [0.05, 0.1) is 0 Å². The molecule has 0 spiro atoms. The van der Waals surface area contributed by atoms with Crippen LogP contribution in [0.15, 0.2) is 0 Å². The number of sulfone groups is 1. The number of carbonyl (C=O) groups excluding carboxylic acids is 1. The molecule has 0 aliphatic carbocycles. The van der Waals surface area contributed by atoms with Gasteiger partial charge >= 0.3 is 5.97 Å². The van der Waals surface area contributed by atoms with E-state index >= 15 is 0 Å². The second kappa shape index (κ2) is 6.69. The molecule has 0 bridgehead atoms. The number of carbonyl (C=O) groups is 2. The molecule has 18 heavy (non-hydrogen) atoms. The minimum Gasteiger partial charge on any atom is -0.480 e. The zero-order valence-corrected chi connectivity index (χ0v) is 11.5. The first-order valence-corrected chi connectivity index (χ1v) is 7.01. The van der Waals surface area contributed by atoms with Gasteiger partial charge in [-0.25, -0.2) is 8.42 Å². The van der Waals surface area contributed by atoms with Crippen molar-refractivity contribution in [2.24, 2.45) is 0 Å². The number of rotatable bonds is 8. The minimum absolute atomic E-state index is 0.287. The first-order chi connectivity index (χ1) is 8.15. The number of nitrogens with one attached hydrogen (secondary N) is 1. The highest BCUT2D eigenvalue weighted by molar-refractivity contribution is 7.94. The minimum atomic E-state index is -4.04. The molecule has 0 unspecified atom stereocenters. The summed E-state index contributed by atoms with van der Waals surface area (Å²) in [5.41, 5.74) is 0. The number of carboxylic acids is 1. The van der Waals surface area contributed by atoms with Crippen molar-refractivity contribution in [2.45, 2.75) is 25.0 Å². The number of methoxy groups -OCH3 is 1. The van der Waals surface area contributed by atoms with Crippen LogP contribution in [-0.2, 0) is 24.2 Å².